The molecule has 3 aromatic rings. The van der Waals surface area contributed by atoms with Crippen molar-refractivity contribution >= 4 is 23.1 Å². The number of nitrogens with one attached hydrogen (secondary N) is 1. The number of benzene rings is 1. The number of rotatable bonds is 3. The zero-order valence-corrected chi connectivity index (χ0v) is 14.9. The van der Waals surface area contributed by atoms with Gasteiger partial charge in [-0.2, -0.15) is 18.2 Å². The van der Waals surface area contributed by atoms with E-state index in [0.29, 0.717) is 5.65 Å². The fraction of sp³-hybridized carbons (Fsp3) is 0.389. The molecule has 28 heavy (non-hydrogen) atoms. The molecule has 0 radical (unpaired) electrons. The number of aromatic nitrogens is 4. The van der Waals surface area contributed by atoms with Crippen molar-refractivity contribution in [2.75, 3.05) is 11.1 Å². The Morgan fingerprint density at radius 3 is 2.68 bits per heavy atom. The third-order valence-corrected chi connectivity index (χ3v) is 5.01. The van der Waals surface area contributed by atoms with Gasteiger partial charge in [0.25, 0.3) is 0 Å². The molecule has 0 aliphatic heterocycles. The van der Waals surface area contributed by atoms with Gasteiger partial charge in [0.2, 0.25) is 5.95 Å². The molecule has 0 saturated heterocycles. The standard InChI is InChI=1S/C18H20F3N7/c19-18(20,21)10-4-3-5-11(8-10)24-17-26-16-15(23)25-14(9-28(16)27-17)12-6-1-2-7-13(12)22/h3-5,8-9,12-13H,1-2,6-7,22H2,(H2,23,25)(H,24,27). The largest absolute Gasteiger partial charge is 0.416 e. The second-order valence-electron chi connectivity index (χ2n) is 7.01. The van der Waals surface area contributed by atoms with Crippen LogP contribution in [0.2, 0.25) is 0 Å². The summed E-state index contributed by atoms with van der Waals surface area (Å²) in [6.45, 7) is 0. The highest BCUT2D eigenvalue weighted by molar-refractivity contribution is 5.64. The molecule has 4 rings (SSSR count). The van der Waals surface area contributed by atoms with E-state index < -0.39 is 11.7 Å². The molecule has 148 valence electrons. The minimum atomic E-state index is -4.42. The van der Waals surface area contributed by atoms with E-state index in [9.17, 15) is 13.2 Å². The number of hydrogen-bond donors (Lipinski definition) is 3. The van der Waals surface area contributed by atoms with Gasteiger partial charge in [0, 0.05) is 17.6 Å². The van der Waals surface area contributed by atoms with Crippen LogP contribution in [0.4, 0.5) is 30.6 Å². The summed E-state index contributed by atoms with van der Waals surface area (Å²) < 4.78 is 40.1. The normalized spacial score (nSPS) is 20.4. The number of nitrogen functional groups attached to an aromatic ring is 1. The van der Waals surface area contributed by atoms with Gasteiger partial charge in [-0.15, -0.1) is 5.10 Å². The second-order valence-corrected chi connectivity index (χ2v) is 7.01. The van der Waals surface area contributed by atoms with Gasteiger partial charge in [-0.3, -0.25) is 0 Å². The first-order valence-electron chi connectivity index (χ1n) is 9.04. The topological polar surface area (TPSA) is 107 Å². The van der Waals surface area contributed by atoms with E-state index in [4.69, 9.17) is 11.5 Å². The molecule has 1 fully saturated rings. The van der Waals surface area contributed by atoms with E-state index in [0.717, 1.165) is 43.5 Å². The van der Waals surface area contributed by atoms with E-state index in [1.54, 1.807) is 6.20 Å². The lowest BCUT2D eigenvalue weighted by atomic mass is 9.83. The highest BCUT2D eigenvalue weighted by Gasteiger charge is 2.30. The fourth-order valence-electron chi connectivity index (χ4n) is 3.59. The maximum absolute atomic E-state index is 12.9. The van der Waals surface area contributed by atoms with Crippen molar-refractivity contribution in [3.05, 3.63) is 41.7 Å². The highest BCUT2D eigenvalue weighted by atomic mass is 19.4. The van der Waals surface area contributed by atoms with Gasteiger partial charge in [-0.05, 0) is 31.0 Å². The number of fused-ring (bicyclic) bond motifs is 1. The van der Waals surface area contributed by atoms with Crippen molar-refractivity contribution in [2.45, 2.75) is 43.8 Å². The van der Waals surface area contributed by atoms with Gasteiger partial charge in [0.15, 0.2) is 11.5 Å². The molecule has 2 aromatic heterocycles. The maximum Gasteiger partial charge on any atom is 0.416 e. The van der Waals surface area contributed by atoms with Gasteiger partial charge in [-0.25, -0.2) is 9.50 Å². The van der Waals surface area contributed by atoms with Gasteiger partial charge in [0.1, 0.15) is 0 Å². The second kappa shape index (κ2) is 6.93. The Morgan fingerprint density at radius 2 is 1.93 bits per heavy atom. The number of alkyl halides is 3. The highest BCUT2D eigenvalue weighted by Crippen LogP contribution is 2.33. The molecule has 2 atom stereocenters. The Bertz CT molecular complexity index is 998. The Morgan fingerprint density at radius 1 is 1.14 bits per heavy atom. The Labute approximate surface area is 159 Å². The summed E-state index contributed by atoms with van der Waals surface area (Å²) in [5.74, 6) is 0.447. The monoisotopic (exact) mass is 391 g/mol. The predicted molar refractivity (Wildman–Crippen MR) is 99.1 cm³/mol. The summed E-state index contributed by atoms with van der Waals surface area (Å²) in [5.41, 5.74) is 12.8. The fourth-order valence-corrected chi connectivity index (χ4v) is 3.59. The van der Waals surface area contributed by atoms with Crippen molar-refractivity contribution in [3.8, 4) is 0 Å². The molecule has 2 heterocycles. The van der Waals surface area contributed by atoms with Crippen LogP contribution in [0.25, 0.3) is 5.65 Å². The third-order valence-electron chi connectivity index (χ3n) is 5.01. The zero-order valence-electron chi connectivity index (χ0n) is 14.9. The number of anilines is 3. The van der Waals surface area contributed by atoms with Crippen LogP contribution in [0.3, 0.4) is 0 Å². The Kier molecular flexibility index (Phi) is 4.58. The lowest BCUT2D eigenvalue weighted by Gasteiger charge is -2.27. The molecule has 0 bridgehead atoms. The van der Waals surface area contributed by atoms with Crippen LogP contribution in [0.5, 0.6) is 0 Å². The minimum Gasteiger partial charge on any atom is -0.381 e. The molecular weight excluding hydrogens is 371 g/mol. The molecule has 1 aromatic carbocycles. The van der Waals surface area contributed by atoms with E-state index in [2.05, 4.69) is 20.4 Å². The number of nitrogens with two attached hydrogens (primary N) is 2. The van der Waals surface area contributed by atoms with Crippen molar-refractivity contribution < 1.29 is 13.2 Å². The molecule has 1 saturated carbocycles. The minimum absolute atomic E-state index is 0.0179. The molecule has 0 amide bonds. The lowest BCUT2D eigenvalue weighted by molar-refractivity contribution is -0.137. The van der Waals surface area contributed by atoms with Crippen LogP contribution in [0.1, 0.15) is 42.9 Å². The van der Waals surface area contributed by atoms with E-state index in [1.807, 2.05) is 0 Å². The first-order chi connectivity index (χ1) is 13.3. The van der Waals surface area contributed by atoms with Crippen LogP contribution in [-0.4, -0.2) is 25.6 Å². The molecule has 10 heteroatoms. The molecule has 7 nitrogen and oxygen atoms in total. The maximum atomic E-state index is 12.9. The SMILES string of the molecule is Nc1nc(C2CCCCC2N)cn2nc(Nc3cccc(C(F)(F)F)c3)nc12. The molecule has 0 spiro atoms. The molecule has 5 N–H and O–H groups in total. The molecule has 1 aliphatic rings. The lowest BCUT2D eigenvalue weighted by Crippen LogP contribution is -2.32. The average molecular weight is 391 g/mol. The first kappa shape index (κ1) is 18.5. The van der Waals surface area contributed by atoms with E-state index in [-0.39, 0.29) is 29.4 Å². The number of nitrogens with zero attached hydrogens (tertiary/aromatic N) is 4. The number of halogens is 3. The summed E-state index contributed by atoms with van der Waals surface area (Å²) in [6, 6.07) is 4.85. The molecule has 2 unspecified atom stereocenters. The molecule has 1 aliphatic carbocycles. The van der Waals surface area contributed by atoms with Crippen LogP contribution >= 0.6 is 0 Å². The Balaban J connectivity index is 1.64. The van der Waals surface area contributed by atoms with E-state index >= 15 is 0 Å². The predicted octanol–water partition coefficient (Wildman–Crippen LogP) is 3.45. The summed E-state index contributed by atoms with van der Waals surface area (Å²) >= 11 is 0. The summed E-state index contributed by atoms with van der Waals surface area (Å²) in [7, 11) is 0. The van der Waals surface area contributed by atoms with Crippen LogP contribution in [0, 0.1) is 0 Å². The van der Waals surface area contributed by atoms with Gasteiger partial charge < -0.3 is 16.8 Å². The van der Waals surface area contributed by atoms with Crippen molar-refractivity contribution in [1.82, 2.24) is 19.6 Å². The van der Waals surface area contributed by atoms with Crippen LogP contribution in [-0.2, 0) is 6.18 Å². The number of hydrogen-bond acceptors (Lipinski definition) is 6. The van der Waals surface area contributed by atoms with Gasteiger partial charge in [0.05, 0.1) is 17.5 Å². The first-order valence-corrected chi connectivity index (χ1v) is 9.04. The van der Waals surface area contributed by atoms with Crippen LogP contribution in [0.15, 0.2) is 30.5 Å². The van der Waals surface area contributed by atoms with E-state index in [1.165, 1.54) is 16.6 Å². The Hall–Kier alpha value is -2.88. The average Bonchev–Trinajstić information content (AvgIpc) is 3.04. The zero-order chi connectivity index (χ0) is 19.9. The third kappa shape index (κ3) is 3.59. The van der Waals surface area contributed by atoms with Crippen LogP contribution < -0.4 is 16.8 Å². The van der Waals surface area contributed by atoms with Crippen molar-refractivity contribution in [1.29, 1.82) is 0 Å². The molecular formula is C18H20F3N7. The summed E-state index contributed by atoms with van der Waals surface area (Å²) in [6.07, 6.45) is 1.37. The summed E-state index contributed by atoms with van der Waals surface area (Å²) in [5, 5.41) is 7.08. The van der Waals surface area contributed by atoms with Crippen molar-refractivity contribution in [3.63, 3.8) is 0 Å². The smallest absolute Gasteiger partial charge is 0.381 e. The van der Waals surface area contributed by atoms with Crippen molar-refractivity contribution in [2.24, 2.45) is 5.73 Å². The quantitative estimate of drug-likeness (QED) is 0.631. The summed E-state index contributed by atoms with van der Waals surface area (Å²) in [4.78, 5) is 8.69. The van der Waals surface area contributed by atoms with Gasteiger partial charge >= 0.3 is 6.18 Å². The van der Waals surface area contributed by atoms with Gasteiger partial charge in [-0.1, -0.05) is 18.9 Å².